The number of fused-ring (bicyclic) bond motifs is 3. The minimum absolute atomic E-state index is 0.238. The molecule has 1 aromatic carbocycles. The van der Waals surface area contributed by atoms with Crippen LogP contribution in [0.4, 0.5) is 0 Å². The molecule has 0 amide bonds. The van der Waals surface area contributed by atoms with Gasteiger partial charge in [0.05, 0.1) is 14.2 Å². The summed E-state index contributed by atoms with van der Waals surface area (Å²) < 4.78 is 10.8. The van der Waals surface area contributed by atoms with Crippen molar-refractivity contribution in [2.45, 2.75) is 44.5 Å². The van der Waals surface area contributed by atoms with Crippen LogP contribution in [0.3, 0.4) is 0 Å². The van der Waals surface area contributed by atoms with Crippen LogP contribution in [-0.2, 0) is 0 Å². The molecule has 3 atom stereocenters. The number of hydrogen-bond acceptors (Lipinski definition) is 5. The zero-order chi connectivity index (χ0) is 18.6. The van der Waals surface area contributed by atoms with E-state index in [0.717, 1.165) is 5.57 Å². The van der Waals surface area contributed by atoms with Gasteiger partial charge in [0, 0.05) is 17.0 Å². The summed E-state index contributed by atoms with van der Waals surface area (Å²) in [6, 6.07) is 3.42. The van der Waals surface area contributed by atoms with Gasteiger partial charge in [-0.15, -0.1) is 0 Å². The van der Waals surface area contributed by atoms with Crippen LogP contribution < -0.4 is 9.47 Å². The predicted octanol–water partition coefficient (Wildman–Crippen LogP) is 2.60. The molecule has 1 aromatic rings. The van der Waals surface area contributed by atoms with E-state index in [9.17, 15) is 15.3 Å². The van der Waals surface area contributed by atoms with Gasteiger partial charge in [-0.3, -0.25) is 0 Å². The number of methoxy groups -OCH3 is 2. The van der Waals surface area contributed by atoms with Gasteiger partial charge in [-0.2, -0.15) is 0 Å². The van der Waals surface area contributed by atoms with E-state index in [1.54, 1.807) is 44.2 Å². The summed E-state index contributed by atoms with van der Waals surface area (Å²) in [4.78, 5) is 0. The first-order valence-corrected chi connectivity index (χ1v) is 8.37. The van der Waals surface area contributed by atoms with E-state index in [1.807, 2.05) is 6.92 Å². The Balaban J connectivity index is 2.36. The largest absolute Gasteiger partial charge is 0.497 e. The molecule has 0 aliphatic heterocycles. The highest BCUT2D eigenvalue weighted by molar-refractivity contribution is 5.67. The van der Waals surface area contributed by atoms with E-state index in [-0.39, 0.29) is 6.42 Å². The molecule has 2 aliphatic rings. The molecule has 136 valence electrons. The van der Waals surface area contributed by atoms with E-state index in [2.05, 4.69) is 0 Å². The topological polar surface area (TPSA) is 79.2 Å². The van der Waals surface area contributed by atoms with Crippen LogP contribution in [0.25, 0.3) is 6.08 Å². The second kappa shape index (κ2) is 5.59. The van der Waals surface area contributed by atoms with Gasteiger partial charge in [0.25, 0.3) is 0 Å². The van der Waals surface area contributed by atoms with E-state index in [4.69, 9.17) is 9.47 Å². The molecule has 0 heterocycles. The second-order valence-corrected chi connectivity index (χ2v) is 7.48. The Morgan fingerprint density at radius 3 is 2.40 bits per heavy atom. The van der Waals surface area contributed by atoms with Gasteiger partial charge in [-0.1, -0.05) is 26.0 Å². The summed E-state index contributed by atoms with van der Waals surface area (Å²) in [5.74, 6) is 1.04. The van der Waals surface area contributed by atoms with Gasteiger partial charge in [-0.05, 0) is 36.6 Å². The third-order valence-electron chi connectivity index (χ3n) is 6.20. The summed E-state index contributed by atoms with van der Waals surface area (Å²) in [6.07, 6.45) is 4.25. The molecule has 0 spiro atoms. The smallest absolute Gasteiger partial charge is 0.130 e. The Bertz CT molecular complexity index is 764. The maximum Gasteiger partial charge on any atom is 0.130 e. The lowest BCUT2D eigenvalue weighted by atomic mass is 9.54. The Morgan fingerprint density at radius 2 is 1.80 bits per heavy atom. The van der Waals surface area contributed by atoms with Crippen molar-refractivity contribution in [2.75, 3.05) is 14.2 Å². The van der Waals surface area contributed by atoms with Crippen molar-refractivity contribution in [2.24, 2.45) is 5.41 Å². The summed E-state index contributed by atoms with van der Waals surface area (Å²) in [5, 5.41) is 34.1. The van der Waals surface area contributed by atoms with Gasteiger partial charge in [-0.25, -0.2) is 0 Å². The van der Waals surface area contributed by atoms with Gasteiger partial charge >= 0.3 is 0 Å². The lowest BCUT2D eigenvalue weighted by Gasteiger charge is -2.56. The number of hydrogen-bond donors (Lipinski definition) is 3. The maximum atomic E-state index is 11.5. The molecule has 3 rings (SSSR count). The number of aliphatic hydroxyl groups excluding tert-OH is 1. The highest BCUT2D eigenvalue weighted by Crippen LogP contribution is 2.57. The molecule has 0 saturated heterocycles. The van der Waals surface area contributed by atoms with Crippen molar-refractivity contribution in [1.29, 1.82) is 0 Å². The molecular formula is C20H26O5. The van der Waals surface area contributed by atoms with E-state index < -0.39 is 22.7 Å². The van der Waals surface area contributed by atoms with E-state index in [0.29, 0.717) is 22.6 Å². The molecule has 0 radical (unpaired) electrons. The summed E-state index contributed by atoms with van der Waals surface area (Å²) in [5.41, 5.74) is -2.07. The van der Waals surface area contributed by atoms with Crippen LogP contribution in [0.5, 0.6) is 11.5 Å². The summed E-state index contributed by atoms with van der Waals surface area (Å²) in [7, 11) is 3.07. The lowest BCUT2D eigenvalue weighted by molar-refractivity contribution is -0.203. The molecule has 0 aromatic heterocycles. The lowest BCUT2D eigenvalue weighted by Crippen LogP contribution is -2.63. The second-order valence-electron chi connectivity index (χ2n) is 7.48. The molecule has 0 unspecified atom stereocenters. The Kier molecular flexibility index (Phi) is 4.02. The first-order valence-electron chi connectivity index (χ1n) is 8.37. The zero-order valence-corrected chi connectivity index (χ0v) is 15.3. The molecule has 25 heavy (non-hydrogen) atoms. The van der Waals surface area contributed by atoms with Crippen LogP contribution in [0.2, 0.25) is 0 Å². The van der Waals surface area contributed by atoms with E-state index in [1.165, 1.54) is 14.2 Å². The number of rotatable bonds is 2. The van der Waals surface area contributed by atoms with Gasteiger partial charge < -0.3 is 24.8 Å². The minimum atomic E-state index is -1.56. The van der Waals surface area contributed by atoms with Crippen LogP contribution in [0.1, 0.15) is 44.4 Å². The highest BCUT2D eigenvalue weighted by atomic mass is 16.5. The van der Waals surface area contributed by atoms with Gasteiger partial charge in [0.2, 0.25) is 0 Å². The fourth-order valence-corrected chi connectivity index (χ4v) is 4.11. The summed E-state index contributed by atoms with van der Waals surface area (Å²) in [6.45, 7) is 5.39. The normalized spacial score (nSPS) is 34.2. The fourth-order valence-electron chi connectivity index (χ4n) is 4.11. The van der Waals surface area contributed by atoms with Crippen molar-refractivity contribution in [3.63, 3.8) is 0 Å². The molecular weight excluding hydrogens is 320 g/mol. The Labute approximate surface area is 148 Å². The van der Waals surface area contributed by atoms with Gasteiger partial charge in [0.15, 0.2) is 0 Å². The van der Waals surface area contributed by atoms with Crippen molar-refractivity contribution < 1.29 is 24.8 Å². The SMILES string of the molecule is COc1cc(OC)c2c(c1)[C@H](O)[C@]1(O)CC=C(C)[C@](O)(/C=C\2)C1(C)C. The number of benzene rings is 1. The molecule has 0 fully saturated rings. The quantitative estimate of drug-likeness (QED) is 0.718. The third-order valence-corrected chi connectivity index (χ3v) is 6.20. The molecule has 0 saturated carbocycles. The monoisotopic (exact) mass is 346 g/mol. The molecule has 2 aliphatic carbocycles. The van der Waals surface area contributed by atoms with Crippen molar-refractivity contribution in [1.82, 2.24) is 0 Å². The van der Waals surface area contributed by atoms with Crippen LogP contribution in [-0.4, -0.2) is 40.7 Å². The van der Waals surface area contributed by atoms with E-state index >= 15 is 0 Å². The molecule has 3 N–H and O–H groups in total. The van der Waals surface area contributed by atoms with Gasteiger partial charge in [0.1, 0.15) is 28.8 Å². The minimum Gasteiger partial charge on any atom is -0.497 e. The van der Waals surface area contributed by atoms with Crippen molar-refractivity contribution >= 4 is 6.08 Å². The first kappa shape index (κ1) is 18.0. The van der Waals surface area contributed by atoms with Crippen LogP contribution in [0.15, 0.2) is 29.9 Å². The fraction of sp³-hybridized carbons (Fsp3) is 0.500. The third kappa shape index (κ3) is 2.19. The van der Waals surface area contributed by atoms with Crippen LogP contribution >= 0.6 is 0 Å². The molecule has 2 bridgehead atoms. The molecule has 5 heteroatoms. The molecule has 5 nitrogen and oxygen atoms in total. The maximum absolute atomic E-state index is 11.5. The number of ether oxygens (including phenoxy) is 2. The summed E-state index contributed by atoms with van der Waals surface area (Å²) >= 11 is 0. The number of aliphatic hydroxyl groups is 3. The highest BCUT2D eigenvalue weighted by Gasteiger charge is 2.62. The van der Waals surface area contributed by atoms with Crippen molar-refractivity contribution in [3.8, 4) is 11.5 Å². The Morgan fingerprint density at radius 1 is 1.12 bits per heavy atom. The zero-order valence-electron chi connectivity index (χ0n) is 15.3. The Hall–Kier alpha value is -1.82. The predicted molar refractivity (Wildman–Crippen MR) is 95.6 cm³/mol. The average molecular weight is 346 g/mol. The van der Waals surface area contributed by atoms with Crippen molar-refractivity contribution in [3.05, 3.63) is 41.0 Å². The average Bonchev–Trinajstić information content (AvgIpc) is 2.60. The first-order chi connectivity index (χ1) is 11.6. The van der Waals surface area contributed by atoms with Crippen LogP contribution in [0, 0.1) is 5.41 Å². The standard InChI is InChI=1S/C20H26O5/c1-12-6-8-20(23)17(21)15-10-13(24-4)11-16(25-5)14(15)7-9-19(12,22)18(20,2)3/h6-7,9-11,17,21-23H,8H2,1-5H3/b9-7-/t17-,19+,20+/m0/s1.